The van der Waals surface area contributed by atoms with Crippen molar-refractivity contribution in [2.45, 2.75) is 37.3 Å². The molecule has 2 aliphatic heterocycles. The van der Waals surface area contributed by atoms with E-state index in [0.29, 0.717) is 29.1 Å². The lowest BCUT2D eigenvalue weighted by Gasteiger charge is -2.20. The molecule has 1 aromatic carbocycles. The number of benzene rings is 1. The van der Waals surface area contributed by atoms with Crippen molar-refractivity contribution in [3.8, 4) is 11.1 Å². The van der Waals surface area contributed by atoms with Crippen LogP contribution < -0.4 is 5.32 Å². The van der Waals surface area contributed by atoms with E-state index >= 15 is 0 Å². The molecule has 1 N–H and O–H groups in total. The van der Waals surface area contributed by atoms with Gasteiger partial charge in [0, 0.05) is 29.8 Å². The summed E-state index contributed by atoms with van der Waals surface area (Å²) < 4.78 is 27.0. The molecule has 2 nitrogen and oxygen atoms in total. The Morgan fingerprint density at radius 1 is 1.10 bits per heavy atom. The number of fused-ring (bicyclic) bond motifs is 2. The molecular formula is C17H16F2N2. The largest absolute Gasteiger partial charge is 0.311 e. The Hall–Kier alpha value is -1.81. The third-order valence-electron chi connectivity index (χ3n) is 4.74. The zero-order valence-electron chi connectivity index (χ0n) is 11.5. The first-order valence-corrected chi connectivity index (χ1v) is 7.38. The van der Waals surface area contributed by atoms with Crippen LogP contribution in [0.5, 0.6) is 0 Å². The van der Waals surface area contributed by atoms with E-state index in [1.165, 1.54) is 25.0 Å². The molecule has 0 amide bonds. The van der Waals surface area contributed by atoms with Crippen LogP contribution in [0.15, 0.2) is 36.5 Å². The molecule has 0 spiro atoms. The Morgan fingerprint density at radius 2 is 1.90 bits per heavy atom. The third-order valence-corrected chi connectivity index (χ3v) is 4.74. The lowest BCUT2D eigenvalue weighted by atomic mass is 9.84. The SMILES string of the molecule is Fc1ccc(-c2cc(C3CC4CCC3N4)cnc2[18F])cc1. The van der Waals surface area contributed by atoms with Gasteiger partial charge in [-0.2, -0.15) is 4.39 Å². The quantitative estimate of drug-likeness (QED) is 0.852. The van der Waals surface area contributed by atoms with Crippen molar-refractivity contribution < 1.29 is 8.78 Å². The molecule has 2 aliphatic rings. The standard InChI is InChI=1S/C17H16F2N2/c18-12-3-1-10(2-4-12)15-7-11(9-20-17(15)19)14-8-13-5-6-16(14)21-13/h1-4,7,9,13-14,16,21H,5-6,8H2/i19-1. The normalized spacial score (nSPS) is 27.2. The maximum Gasteiger partial charge on any atom is 0.220 e. The van der Waals surface area contributed by atoms with E-state index in [9.17, 15) is 8.78 Å². The van der Waals surface area contributed by atoms with Gasteiger partial charge in [0.1, 0.15) is 5.82 Å². The van der Waals surface area contributed by atoms with Gasteiger partial charge >= 0.3 is 0 Å². The maximum atomic E-state index is 14.0. The summed E-state index contributed by atoms with van der Waals surface area (Å²) in [6, 6.07) is 8.85. The van der Waals surface area contributed by atoms with Crippen LogP contribution in [0.1, 0.15) is 30.7 Å². The van der Waals surface area contributed by atoms with Crippen LogP contribution in [0.4, 0.5) is 8.78 Å². The molecule has 2 bridgehead atoms. The van der Waals surface area contributed by atoms with Crippen molar-refractivity contribution in [3.05, 3.63) is 53.9 Å². The van der Waals surface area contributed by atoms with Crippen molar-refractivity contribution in [2.75, 3.05) is 0 Å². The highest BCUT2D eigenvalue weighted by molar-refractivity contribution is 5.64. The zero-order chi connectivity index (χ0) is 14.4. The predicted octanol–water partition coefficient (Wildman–Crippen LogP) is 3.63. The Bertz CT molecular complexity index is 669. The summed E-state index contributed by atoms with van der Waals surface area (Å²) in [6.45, 7) is 0. The second-order valence-electron chi connectivity index (χ2n) is 6.00. The minimum Gasteiger partial charge on any atom is -0.311 e. The van der Waals surface area contributed by atoms with Crippen LogP contribution in [0.2, 0.25) is 0 Å². The van der Waals surface area contributed by atoms with Gasteiger partial charge in [0.05, 0.1) is 0 Å². The van der Waals surface area contributed by atoms with E-state index in [4.69, 9.17) is 0 Å². The van der Waals surface area contributed by atoms with Crippen LogP contribution in [0.3, 0.4) is 0 Å². The zero-order valence-corrected chi connectivity index (χ0v) is 11.5. The lowest BCUT2D eigenvalue weighted by Crippen LogP contribution is -2.21. The smallest absolute Gasteiger partial charge is 0.220 e. The van der Waals surface area contributed by atoms with Gasteiger partial charge < -0.3 is 5.32 Å². The fourth-order valence-corrected chi connectivity index (χ4v) is 3.69. The molecule has 3 atom stereocenters. The first-order chi connectivity index (χ1) is 10.2. The van der Waals surface area contributed by atoms with E-state index in [1.54, 1.807) is 18.3 Å². The van der Waals surface area contributed by atoms with Crippen LogP contribution in [-0.2, 0) is 0 Å². The van der Waals surface area contributed by atoms with Crippen LogP contribution in [0.25, 0.3) is 11.1 Å². The monoisotopic (exact) mass is 285 g/mol. The molecule has 2 saturated heterocycles. The van der Waals surface area contributed by atoms with Crippen molar-refractivity contribution >= 4 is 0 Å². The number of hydrogen-bond acceptors (Lipinski definition) is 2. The summed E-state index contributed by atoms with van der Waals surface area (Å²) in [6.07, 6.45) is 5.16. The van der Waals surface area contributed by atoms with E-state index < -0.39 is 5.95 Å². The molecule has 2 aromatic rings. The maximum absolute atomic E-state index is 14.0. The molecule has 108 valence electrons. The number of halogens is 2. The molecule has 0 saturated carbocycles. The molecule has 4 heteroatoms. The van der Waals surface area contributed by atoms with Gasteiger partial charge in [-0.1, -0.05) is 12.1 Å². The minimum atomic E-state index is -0.499. The highest BCUT2D eigenvalue weighted by Gasteiger charge is 2.39. The average Bonchev–Trinajstić information content (AvgIpc) is 3.12. The highest BCUT2D eigenvalue weighted by atomic mass is 19.1. The van der Waals surface area contributed by atoms with Gasteiger partial charge in [0.2, 0.25) is 5.95 Å². The number of pyridine rings is 1. The summed E-state index contributed by atoms with van der Waals surface area (Å²) in [5.41, 5.74) is 2.20. The van der Waals surface area contributed by atoms with E-state index in [1.807, 2.05) is 6.07 Å². The Labute approximate surface area is 122 Å². The summed E-state index contributed by atoms with van der Waals surface area (Å²) >= 11 is 0. The van der Waals surface area contributed by atoms with Crippen molar-refractivity contribution in [1.29, 1.82) is 0 Å². The van der Waals surface area contributed by atoms with Gasteiger partial charge in [-0.25, -0.2) is 9.37 Å². The number of hydrogen-bond donors (Lipinski definition) is 1. The number of aromatic nitrogens is 1. The second-order valence-corrected chi connectivity index (χ2v) is 6.00. The number of nitrogens with one attached hydrogen (secondary N) is 1. The summed E-state index contributed by atoms with van der Waals surface area (Å²) in [5.74, 6) is -0.405. The molecule has 3 unspecified atom stereocenters. The molecule has 21 heavy (non-hydrogen) atoms. The number of nitrogens with zero attached hydrogens (tertiary/aromatic N) is 1. The van der Waals surface area contributed by atoms with Gasteiger partial charge in [-0.3, -0.25) is 0 Å². The van der Waals surface area contributed by atoms with E-state index in [2.05, 4.69) is 10.3 Å². The lowest BCUT2D eigenvalue weighted by molar-refractivity contribution is 0.502. The molecule has 4 rings (SSSR count). The Kier molecular flexibility index (Phi) is 3.00. The van der Waals surface area contributed by atoms with E-state index in [0.717, 1.165) is 12.0 Å². The fraction of sp³-hybridized carbons (Fsp3) is 0.353. The first kappa shape index (κ1) is 12.9. The number of rotatable bonds is 2. The summed E-state index contributed by atoms with van der Waals surface area (Å²) in [4.78, 5) is 3.92. The third kappa shape index (κ3) is 2.23. The second kappa shape index (κ2) is 4.88. The first-order valence-electron chi connectivity index (χ1n) is 7.38. The fourth-order valence-electron chi connectivity index (χ4n) is 3.69. The Balaban J connectivity index is 1.71. The van der Waals surface area contributed by atoms with Gasteiger partial charge in [-0.15, -0.1) is 0 Å². The van der Waals surface area contributed by atoms with E-state index in [-0.39, 0.29) is 5.82 Å². The topological polar surface area (TPSA) is 24.9 Å². The van der Waals surface area contributed by atoms with Crippen LogP contribution in [0, 0.1) is 11.8 Å². The molecule has 2 fully saturated rings. The van der Waals surface area contributed by atoms with Gasteiger partial charge in [-0.05, 0) is 48.6 Å². The van der Waals surface area contributed by atoms with Crippen molar-refractivity contribution in [3.63, 3.8) is 0 Å². The van der Waals surface area contributed by atoms with Crippen LogP contribution >= 0.6 is 0 Å². The van der Waals surface area contributed by atoms with Gasteiger partial charge in [0.25, 0.3) is 0 Å². The van der Waals surface area contributed by atoms with Gasteiger partial charge in [0.15, 0.2) is 0 Å². The van der Waals surface area contributed by atoms with Crippen LogP contribution in [-0.4, -0.2) is 17.1 Å². The summed E-state index contributed by atoms with van der Waals surface area (Å²) in [5, 5.41) is 3.59. The molecule has 0 aliphatic carbocycles. The average molecular weight is 285 g/mol. The molecule has 1 aromatic heterocycles. The summed E-state index contributed by atoms with van der Waals surface area (Å²) in [7, 11) is 0. The van der Waals surface area contributed by atoms with Crippen molar-refractivity contribution in [2.24, 2.45) is 0 Å². The molecular weight excluding hydrogens is 269 g/mol. The molecule has 0 radical (unpaired) electrons. The predicted molar refractivity (Wildman–Crippen MR) is 76.9 cm³/mol. The molecule has 3 heterocycles. The highest BCUT2D eigenvalue weighted by Crippen LogP contribution is 2.40. The Morgan fingerprint density at radius 3 is 2.57 bits per heavy atom. The minimum absolute atomic E-state index is 0.319. The van der Waals surface area contributed by atoms with Crippen molar-refractivity contribution in [1.82, 2.24) is 10.3 Å².